The Morgan fingerprint density at radius 3 is 3.19 bits per heavy atom. The highest BCUT2D eigenvalue weighted by molar-refractivity contribution is 5.93. The van der Waals surface area contributed by atoms with Crippen molar-refractivity contribution >= 4 is 5.91 Å². The van der Waals surface area contributed by atoms with Crippen LogP contribution in [0.25, 0.3) is 0 Å². The van der Waals surface area contributed by atoms with Crippen molar-refractivity contribution in [3.05, 3.63) is 30.1 Å². The fourth-order valence-electron chi connectivity index (χ4n) is 2.05. The lowest BCUT2D eigenvalue weighted by atomic mass is 10.2. The number of carbonyl (C=O) groups excluding carboxylic acids is 1. The van der Waals surface area contributed by atoms with E-state index in [4.69, 9.17) is 0 Å². The van der Waals surface area contributed by atoms with E-state index in [1.165, 1.54) is 12.8 Å². The van der Waals surface area contributed by atoms with Crippen LogP contribution in [0, 0.1) is 0 Å². The first-order valence-electron chi connectivity index (χ1n) is 5.66. The van der Waals surface area contributed by atoms with Gasteiger partial charge in [-0.3, -0.25) is 9.78 Å². The van der Waals surface area contributed by atoms with Gasteiger partial charge in [0, 0.05) is 25.0 Å². The van der Waals surface area contributed by atoms with Crippen molar-refractivity contribution in [2.24, 2.45) is 0 Å². The Hall–Kier alpha value is -1.42. The third kappa shape index (κ3) is 2.58. The summed E-state index contributed by atoms with van der Waals surface area (Å²) in [6.07, 6.45) is 5.66. The van der Waals surface area contributed by atoms with Gasteiger partial charge < -0.3 is 10.2 Å². The van der Waals surface area contributed by atoms with Gasteiger partial charge >= 0.3 is 0 Å². The lowest BCUT2D eigenvalue weighted by Gasteiger charge is -2.19. The molecular weight excluding hydrogens is 202 g/mol. The van der Waals surface area contributed by atoms with Crippen molar-refractivity contribution in [3.8, 4) is 0 Å². The van der Waals surface area contributed by atoms with Crippen LogP contribution >= 0.6 is 0 Å². The maximum atomic E-state index is 11.7. The molecule has 4 heteroatoms. The highest BCUT2D eigenvalue weighted by atomic mass is 16.1. The minimum atomic E-state index is -0.0339. The van der Waals surface area contributed by atoms with Gasteiger partial charge in [0.2, 0.25) is 0 Å². The van der Waals surface area contributed by atoms with E-state index in [1.807, 2.05) is 0 Å². The van der Waals surface area contributed by atoms with Crippen LogP contribution in [0.3, 0.4) is 0 Å². The number of rotatable bonds is 3. The second kappa shape index (κ2) is 5.07. The summed E-state index contributed by atoms with van der Waals surface area (Å²) in [4.78, 5) is 18.0. The first-order valence-corrected chi connectivity index (χ1v) is 5.66. The van der Waals surface area contributed by atoms with Crippen molar-refractivity contribution in [3.63, 3.8) is 0 Å². The van der Waals surface area contributed by atoms with Gasteiger partial charge in [-0.25, -0.2) is 0 Å². The largest absolute Gasteiger partial charge is 0.350 e. The number of amides is 1. The van der Waals surface area contributed by atoms with Crippen LogP contribution in [0.2, 0.25) is 0 Å². The molecule has 0 radical (unpaired) electrons. The van der Waals surface area contributed by atoms with E-state index in [2.05, 4.69) is 22.2 Å². The number of carbonyl (C=O) groups is 1. The zero-order chi connectivity index (χ0) is 11.4. The second-order valence-corrected chi connectivity index (χ2v) is 4.23. The minimum absolute atomic E-state index is 0.0339. The average Bonchev–Trinajstić information content (AvgIpc) is 2.73. The van der Waals surface area contributed by atoms with Crippen LogP contribution < -0.4 is 5.32 Å². The minimum Gasteiger partial charge on any atom is -0.350 e. The van der Waals surface area contributed by atoms with Crippen molar-refractivity contribution in [1.29, 1.82) is 0 Å². The van der Waals surface area contributed by atoms with Gasteiger partial charge in [-0.05, 0) is 38.6 Å². The Kier molecular flexibility index (Phi) is 3.51. The van der Waals surface area contributed by atoms with Gasteiger partial charge in [-0.15, -0.1) is 0 Å². The molecule has 0 saturated carbocycles. The molecule has 0 bridgehead atoms. The van der Waals surface area contributed by atoms with Crippen molar-refractivity contribution < 1.29 is 4.79 Å². The van der Waals surface area contributed by atoms with Gasteiger partial charge in [-0.1, -0.05) is 0 Å². The number of nitrogens with zero attached hydrogens (tertiary/aromatic N) is 2. The van der Waals surface area contributed by atoms with E-state index in [0.29, 0.717) is 11.6 Å². The van der Waals surface area contributed by atoms with E-state index in [9.17, 15) is 4.79 Å². The summed E-state index contributed by atoms with van der Waals surface area (Å²) in [5.41, 5.74) is 0.628. The first kappa shape index (κ1) is 11.1. The molecule has 1 unspecified atom stereocenters. The molecule has 86 valence electrons. The Labute approximate surface area is 95.7 Å². The summed E-state index contributed by atoms with van der Waals surface area (Å²) in [5, 5.41) is 2.95. The van der Waals surface area contributed by atoms with Crippen LogP contribution in [0.15, 0.2) is 24.5 Å². The summed E-state index contributed by atoms with van der Waals surface area (Å²) in [7, 11) is 2.11. The van der Waals surface area contributed by atoms with Crippen LogP contribution in [0.5, 0.6) is 0 Å². The first-order chi connectivity index (χ1) is 7.77. The summed E-state index contributed by atoms with van der Waals surface area (Å²) in [6.45, 7) is 1.86. The number of hydrogen-bond donors (Lipinski definition) is 1. The van der Waals surface area contributed by atoms with Gasteiger partial charge in [0.25, 0.3) is 5.91 Å². The topological polar surface area (TPSA) is 45.2 Å². The standard InChI is InChI=1S/C12H17N3O/c1-15-7-3-5-11(15)9-14-12(16)10-4-2-6-13-8-10/h2,4,6,8,11H,3,5,7,9H2,1H3,(H,14,16). The number of aromatic nitrogens is 1. The van der Waals surface area contributed by atoms with Gasteiger partial charge in [0.05, 0.1) is 5.56 Å². The van der Waals surface area contributed by atoms with Crippen LogP contribution in [0.4, 0.5) is 0 Å². The molecule has 0 aromatic carbocycles. The number of pyridine rings is 1. The van der Waals surface area contributed by atoms with Gasteiger partial charge in [0.1, 0.15) is 0 Å². The molecule has 4 nitrogen and oxygen atoms in total. The van der Waals surface area contributed by atoms with Gasteiger partial charge in [-0.2, -0.15) is 0 Å². The Morgan fingerprint density at radius 1 is 1.69 bits per heavy atom. The molecule has 0 spiro atoms. The number of nitrogens with one attached hydrogen (secondary N) is 1. The molecule has 1 aliphatic heterocycles. The summed E-state index contributed by atoms with van der Waals surface area (Å²) >= 11 is 0. The third-order valence-electron chi connectivity index (χ3n) is 3.09. The van der Waals surface area contributed by atoms with Crippen LogP contribution in [-0.4, -0.2) is 42.0 Å². The van der Waals surface area contributed by atoms with Crippen LogP contribution in [0.1, 0.15) is 23.2 Å². The molecule has 0 aliphatic carbocycles. The van der Waals surface area contributed by atoms with Gasteiger partial charge in [0.15, 0.2) is 0 Å². The second-order valence-electron chi connectivity index (χ2n) is 4.23. The molecule has 1 atom stereocenters. The maximum Gasteiger partial charge on any atom is 0.252 e. The fraction of sp³-hybridized carbons (Fsp3) is 0.500. The molecule has 16 heavy (non-hydrogen) atoms. The molecule has 1 aromatic rings. The summed E-state index contributed by atoms with van der Waals surface area (Å²) < 4.78 is 0. The summed E-state index contributed by atoms with van der Waals surface area (Å²) in [5.74, 6) is -0.0339. The van der Waals surface area contributed by atoms with Crippen molar-refractivity contribution in [2.75, 3.05) is 20.1 Å². The molecule has 1 fully saturated rings. The highest BCUT2D eigenvalue weighted by Crippen LogP contribution is 2.13. The number of hydrogen-bond acceptors (Lipinski definition) is 3. The number of likely N-dealkylation sites (N-methyl/N-ethyl adjacent to an activating group) is 1. The Balaban J connectivity index is 1.84. The molecule has 1 N–H and O–H groups in total. The SMILES string of the molecule is CN1CCCC1CNC(=O)c1cccnc1. The van der Waals surface area contributed by atoms with E-state index in [0.717, 1.165) is 13.1 Å². The van der Waals surface area contributed by atoms with E-state index >= 15 is 0 Å². The predicted octanol–water partition coefficient (Wildman–Crippen LogP) is 0.906. The molecule has 1 amide bonds. The summed E-state index contributed by atoms with van der Waals surface area (Å²) in [6, 6.07) is 4.04. The zero-order valence-electron chi connectivity index (χ0n) is 9.52. The van der Waals surface area contributed by atoms with E-state index in [-0.39, 0.29) is 5.91 Å². The quantitative estimate of drug-likeness (QED) is 0.821. The Morgan fingerprint density at radius 2 is 2.56 bits per heavy atom. The average molecular weight is 219 g/mol. The molecular formula is C12H17N3O. The van der Waals surface area contributed by atoms with Crippen molar-refractivity contribution in [1.82, 2.24) is 15.2 Å². The zero-order valence-corrected chi connectivity index (χ0v) is 9.52. The monoisotopic (exact) mass is 219 g/mol. The smallest absolute Gasteiger partial charge is 0.252 e. The van der Waals surface area contributed by atoms with E-state index < -0.39 is 0 Å². The molecule has 2 rings (SSSR count). The lowest BCUT2D eigenvalue weighted by Crippen LogP contribution is -2.38. The normalized spacial score (nSPS) is 20.9. The van der Waals surface area contributed by atoms with Crippen molar-refractivity contribution in [2.45, 2.75) is 18.9 Å². The lowest BCUT2D eigenvalue weighted by molar-refractivity contribution is 0.0943. The van der Waals surface area contributed by atoms with Crippen LogP contribution in [-0.2, 0) is 0 Å². The highest BCUT2D eigenvalue weighted by Gasteiger charge is 2.21. The molecule has 1 aliphatic rings. The molecule has 1 saturated heterocycles. The molecule has 2 heterocycles. The van der Waals surface area contributed by atoms with E-state index in [1.54, 1.807) is 24.5 Å². The fourth-order valence-corrected chi connectivity index (χ4v) is 2.05. The predicted molar refractivity (Wildman–Crippen MR) is 62.2 cm³/mol. The number of likely N-dealkylation sites (tertiary alicyclic amines) is 1. The third-order valence-corrected chi connectivity index (χ3v) is 3.09. The maximum absolute atomic E-state index is 11.7. The Bertz CT molecular complexity index is 353. The molecule has 1 aromatic heterocycles.